The molecule has 0 aromatic heterocycles. The minimum absolute atomic E-state index is 0.241. The molecule has 0 N–H and O–H groups in total. The maximum atomic E-state index is 7.07. The standard InChI is InChI=1S/C22H30N4O4P2/c1-17(2)23-13-15-25-31(23,27-19-9-5-6-10-20(19)28-31)26-16-14-24(18(3)4)32(25,26)29-21-11-7-8-12-22(21)30-32/h5-12,17-18H,13-16H2,1-4H3. The van der Waals surface area contributed by atoms with Crippen molar-refractivity contribution in [2.75, 3.05) is 26.2 Å². The van der Waals surface area contributed by atoms with Crippen molar-refractivity contribution >= 4 is 15.0 Å². The van der Waals surface area contributed by atoms with Crippen LogP contribution >= 0.6 is 15.0 Å². The quantitative estimate of drug-likeness (QED) is 0.545. The van der Waals surface area contributed by atoms with Gasteiger partial charge in [-0.1, -0.05) is 0 Å². The van der Waals surface area contributed by atoms with E-state index in [1.807, 2.05) is 48.5 Å². The van der Waals surface area contributed by atoms with Gasteiger partial charge in [-0.25, -0.2) is 0 Å². The fraction of sp³-hybridized carbons (Fsp3) is 0.455. The number of rotatable bonds is 2. The third kappa shape index (κ3) is 1.74. The molecule has 32 heavy (non-hydrogen) atoms. The van der Waals surface area contributed by atoms with Gasteiger partial charge >= 0.3 is 189 Å². The molecule has 2 spiro atoms. The van der Waals surface area contributed by atoms with Crippen molar-refractivity contribution in [2.45, 2.75) is 39.8 Å². The summed E-state index contributed by atoms with van der Waals surface area (Å²) >= 11 is 0. The minimum atomic E-state index is -3.65. The van der Waals surface area contributed by atoms with E-state index in [2.05, 4.69) is 45.9 Å². The van der Waals surface area contributed by atoms with Crippen LogP contribution in [0, 0.1) is 0 Å². The van der Waals surface area contributed by atoms with Gasteiger partial charge in [0.2, 0.25) is 0 Å². The Morgan fingerprint density at radius 3 is 1.16 bits per heavy atom. The topological polar surface area (TPSA) is 49.9 Å². The predicted molar refractivity (Wildman–Crippen MR) is 126 cm³/mol. The first-order chi connectivity index (χ1) is 15.4. The summed E-state index contributed by atoms with van der Waals surface area (Å²) in [5.74, 6) is 3.22. The normalized spacial score (nSPS) is 30.6. The van der Waals surface area contributed by atoms with Gasteiger partial charge in [-0.15, -0.1) is 0 Å². The molecule has 0 saturated carbocycles. The van der Waals surface area contributed by atoms with Crippen molar-refractivity contribution in [1.82, 2.24) is 18.2 Å². The fourth-order valence-corrected chi connectivity index (χ4v) is 22.4. The Labute approximate surface area is 189 Å². The average molecular weight is 476 g/mol. The van der Waals surface area contributed by atoms with Crippen LogP contribution in [0.5, 0.6) is 23.0 Å². The molecule has 3 fully saturated rings. The number of para-hydroxylation sites is 4. The molecule has 0 atom stereocenters. The Hall–Kier alpha value is -1.66. The van der Waals surface area contributed by atoms with Crippen molar-refractivity contribution in [3.63, 3.8) is 0 Å². The Morgan fingerprint density at radius 1 is 0.562 bits per heavy atom. The number of benzene rings is 2. The summed E-state index contributed by atoms with van der Waals surface area (Å²) in [5, 5.41) is 0. The molecule has 0 aliphatic carbocycles. The Kier molecular flexibility index (Phi) is 3.52. The van der Waals surface area contributed by atoms with Gasteiger partial charge in [-0.05, 0) is 0 Å². The number of fused-ring (bicyclic) bond motifs is 2. The number of nitrogens with zero attached hydrogens (tertiary/aromatic N) is 4. The van der Waals surface area contributed by atoms with Crippen molar-refractivity contribution in [3.05, 3.63) is 48.5 Å². The van der Waals surface area contributed by atoms with Crippen LogP contribution in [0.2, 0.25) is 0 Å². The van der Waals surface area contributed by atoms with Gasteiger partial charge in [-0.2, -0.15) is 0 Å². The molecule has 2 aromatic rings. The Bertz CT molecular complexity index is 1000. The van der Waals surface area contributed by atoms with Crippen LogP contribution in [-0.2, 0) is 0 Å². The van der Waals surface area contributed by atoms with E-state index in [0.717, 1.165) is 49.2 Å². The summed E-state index contributed by atoms with van der Waals surface area (Å²) in [6.45, 7) is 12.1. The van der Waals surface area contributed by atoms with Crippen LogP contribution in [0.4, 0.5) is 0 Å². The third-order valence-electron chi connectivity index (χ3n) is 7.44. The first kappa shape index (κ1) is 19.8. The van der Waals surface area contributed by atoms with Crippen LogP contribution in [0.1, 0.15) is 27.7 Å². The first-order valence-electron chi connectivity index (χ1n) is 11.5. The van der Waals surface area contributed by atoms with Crippen molar-refractivity contribution in [2.24, 2.45) is 0 Å². The van der Waals surface area contributed by atoms with Crippen molar-refractivity contribution in [1.29, 1.82) is 0 Å². The zero-order valence-electron chi connectivity index (χ0n) is 18.9. The van der Waals surface area contributed by atoms with E-state index in [1.165, 1.54) is 0 Å². The maximum absolute atomic E-state index is 7.07. The third-order valence-corrected chi connectivity index (χ3v) is 20.2. The van der Waals surface area contributed by atoms with Crippen LogP contribution in [0.15, 0.2) is 48.5 Å². The van der Waals surface area contributed by atoms with Crippen LogP contribution < -0.4 is 18.1 Å². The van der Waals surface area contributed by atoms with E-state index < -0.39 is 15.0 Å². The number of hydrogen-bond acceptors (Lipinski definition) is 8. The van der Waals surface area contributed by atoms with E-state index in [0.29, 0.717) is 0 Å². The van der Waals surface area contributed by atoms with E-state index in [-0.39, 0.29) is 12.1 Å². The summed E-state index contributed by atoms with van der Waals surface area (Å²) in [6, 6.07) is 16.6. The van der Waals surface area contributed by atoms with Gasteiger partial charge in [-0.3, -0.25) is 0 Å². The van der Waals surface area contributed by atoms with Crippen LogP contribution in [0.3, 0.4) is 0 Å². The molecule has 5 aliphatic heterocycles. The Morgan fingerprint density at radius 2 is 0.875 bits per heavy atom. The van der Waals surface area contributed by atoms with Gasteiger partial charge in [0, 0.05) is 0 Å². The zero-order valence-corrected chi connectivity index (χ0v) is 20.7. The van der Waals surface area contributed by atoms with Crippen LogP contribution in [0.25, 0.3) is 0 Å². The summed E-state index contributed by atoms with van der Waals surface area (Å²) < 4.78 is 38.0. The fourth-order valence-electron chi connectivity index (χ4n) is 6.49. The second kappa shape index (κ2) is 5.69. The SMILES string of the molecule is CC(C)N1CCN2P13(Oc1ccccc1O3)N1CCN(C(C)C)P213Oc1ccccc1O3. The molecule has 172 valence electrons. The monoisotopic (exact) mass is 476 g/mol. The Balaban J connectivity index is 1.49. The van der Waals surface area contributed by atoms with E-state index in [1.54, 1.807) is 0 Å². The van der Waals surface area contributed by atoms with E-state index in [9.17, 15) is 0 Å². The molecule has 0 unspecified atom stereocenters. The average Bonchev–Trinajstić information content (AvgIpc) is 3.46. The molecule has 3 saturated heterocycles. The van der Waals surface area contributed by atoms with E-state index in [4.69, 9.17) is 18.1 Å². The molecule has 5 heterocycles. The molecule has 8 nitrogen and oxygen atoms in total. The molecule has 2 aromatic carbocycles. The summed E-state index contributed by atoms with van der Waals surface area (Å²) in [5.41, 5.74) is 0. The molecule has 0 amide bonds. The number of hydrogen-bond donors (Lipinski definition) is 0. The molecular weight excluding hydrogens is 446 g/mol. The van der Waals surface area contributed by atoms with Gasteiger partial charge in [0.05, 0.1) is 0 Å². The molecule has 7 rings (SSSR count). The van der Waals surface area contributed by atoms with Gasteiger partial charge in [0.1, 0.15) is 0 Å². The second-order valence-electron chi connectivity index (χ2n) is 9.63. The summed E-state index contributed by atoms with van der Waals surface area (Å²) in [4.78, 5) is 0. The van der Waals surface area contributed by atoms with Crippen molar-refractivity contribution < 1.29 is 18.1 Å². The molecule has 10 heteroatoms. The molecule has 5 aliphatic rings. The van der Waals surface area contributed by atoms with E-state index >= 15 is 0 Å². The van der Waals surface area contributed by atoms with Gasteiger partial charge < -0.3 is 0 Å². The second-order valence-corrected chi connectivity index (χ2v) is 17.3. The molecule has 0 bridgehead atoms. The molecule has 0 radical (unpaired) electrons. The zero-order chi connectivity index (χ0) is 22.0. The van der Waals surface area contributed by atoms with Crippen LogP contribution in [-0.4, -0.2) is 56.5 Å². The van der Waals surface area contributed by atoms with Gasteiger partial charge in [0.15, 0.2) is 0 Å². The first-order valence-corrected chi connectivity index (χ1v) is 15.4. The van der Waals surface area contributed by atoms with Crippen molar-refractivity contribution in [3.8, 4) is 23.0 Å². The molecular formula is C22H30N4O4P2. The summed E-state index contributed by atoms with van der Waals surface area (Å²) in [6.07, 6.45) is 0. The van der Waals surface area contributed by atoms with Gasteiger partial charge in [0.25, 0.3) is 0 Å². The summed E-state index contributed by atoms with van der Waals surface area (Å²) in [7, 11) is -7.29. The predicted octanol–water partition coefficient (Wildman–Crippen LogP) is 5.25.